The van der Waals surface area contributed by atoms with Gasteiger partial charge >= 0.3 is 0 Å². The minimum atomic E-state index is 0.482. The molecule has 0 unspecified atom stereocenters. The Balaban J connectivity index is 2.39. The van der Waals surface area contributed by atoms with Gasteiger partial charge in [-0.1, -0.05) is 0 Å². The lowest BCUT2D eigenvalue weighted by Gasteiger charge is -2.03. The number of anilines is 1. The van der Waals surface area contributed by atoms with E-state index < -0.39 is 0 Å². The molecule has 0 saturated heterocycles. The van der Waals surface area contributed by atoms with Crippen LogP contribution in [-0.2, 0) is 0 Å². The molecule has 0 bridgehead atoms. The van der Waals surface area contributed by atoms with E-state index in [1.165, 1.54) is 0 Å². The zero-order chi connectivity index (χ0) is 11.5. The van der Waals surface area contributed by atoms with E-state index in [-0.39, 0.29) is 0 Å². The fraction of sp³-hybridized carbons (Fsp3) is 0.0833. The summed E-state index contributed by atoms with van der Waals surface area (Å²) in [5.74, 6) is 0.796. The maximum absolute atomic E-state index is 8.80. The number of rotatable bonds is 2. The minimum absolute atomic E-state index is 0.482. The normalized spacial score (nSPS) is 9.75. The van der Waals surface area contributed by atoms with Gasteiger partial charge in [0.25, 0.3) is 0 Å². The van der Waals surface area contributed by atoms with Gasteiger partial charge in [-0.2, -0.15) is 5.26 Å². The van der Waals surface area contributed by atoms with Gasteiger partial charge in [-0.05, 0) is 24.3 Å². The molecule has 0 radical (unpaired) electrons. The molecule has 0 fully saturated rings. The molecule has 4 nitrogen and oxygen atoms in total. The smallest absolute Gasteiger partial charge is 0.119 e. The van der Waals surface area contributed by atoms with E-state index in [0.717, 1.165) is 11.4 Å². The van der Waals surface area contributed by atoms with E-state index in [1.54, 1.807) is 19.5 Å². The monoisotopic (exact) mass is 213 g/mol. The Bertz CT molecular complexity index is 534. The second-order valence-electron chi connectivity index (χ2n) is 3.34. The van der Waals surface area contributed by atoms with Gasteiger partial charge in [-0.25, -0.2) is 0 Å². The van der Waals surface area contributed by atoms with E-state index in [1.807, 2.05) is 34.9 Å². The first-order chi connectivity index (χ1) is 7.74. The zero-order valence-electron chi connectivity index (χ0n) is 8.84. The molecule has 80 valence electrons. The molecule has 1 aromatic heterocycles. The Labute approximate surface area is 93.5 Å². The minimum Gasteiger partial charge on any atom is -0.497 e. The number of nitrogens with zero attached hydrogens (tertiary/aromatic N) is 2. The molecule has 1 aromatic carbocycles. The lowest BCUT2D eigenvalue weighted by molar-refractivity contribution is 0.415. The topological polar surface area (TPSA) is 64.0 Å². The molecule has 2 aromatic rings. The molecule has 0 spiro atoms. The van der Waals surface area contributed by atoms with Crippen molar-refractivity contribution in [1.29, 1.82) is 5.26 Å². The Morgan fingerprint density at radius 3 is 2.44 bits per heavy atom. The first-order valence-electron chi connectivity index (χ1n) is 4.76. The third-order valence-corrected chi connectivity index (χ3v) is 2.35. The number of hydrogen-bond donors (Lipinski definition) is 1. The Kier molecular flexibility index (Phi) is 2.52. The standard InChI is InChI=1S/C12H11N3O/c1-16-11-4-2-10(3-5-11)15-7-9(6-13)12(14)8-15/h2-5,7-8H,14H2,1H3. The molecule has 1 heterocycles. The number of aromatic nitrogens is 1. The van der Waals surface area contributed by atoms with E-state index in [0.29, 0.717) is 11.3 Å². The third kappa shape index (κ3) is 1.71. The van der Waals surface area contributed by atoms with Gasteiger partial charge in [-0.3, -0.25) is 0 Å². The number of hydrogen-bond acceptors (Lipinski definition) is 3. The highest BCUT2D eigenvalue weighted by molar-refractivity contribution is 5.55. The molecule has 16 heavy (non-hydrogen) atoms. The van der Waals surface area contributed by atoms with Crippen LogP contribution >= 0.6 is 0 Å². The van der Waals surface area contributed by atoms with Gasteiger partial charge < -0.3 is 15.0 Å². The summed E-state index contributed by atoms with van der Waals surface area (Å²) in [7, 11) is 1.62. The predicted molar refractivity (Wildman–Crippen MR) is 61.4 cm³/mol. The quantitative estimate of drug-likeness (QED) is 0.829. The van der Waals surface area contributed by atoms with Crippen LogP contribution in [0.25, 0.3) is 5.69 Å². The van der Waals surface area contributed by atoms with Gasteiger partial charge in [0.2, 0.25) is 0 Å². The van der Waals surface area contributed by atoms with Crippen LogP contribution in [0, 0.1) is 11.3 Å². The Morgan fingerprint density at radius 1 is 1.25 bits per heavy atom. The molecule has 0 aliphatic heterocycles. The molecule has 2 N–H and O–H groups in total. The average Bonchev–Trinajstić information content (AvgIpc) is 2.71. The highest BCUT2D eigenvalue weighted by atomic mass is 16.5. The number of nitriles is 1. The van der Waals surface area contributed by atoms with Gasteiger partial charge in [0.15, 0.2) is 0 Å². The lowest BCUT2D eigenvalue weighted by atomic mass is 10.3. The van der Waals surface area contributed by atoms with E-state index in [9.17, 15) is 0 Å². The van der Waals surface area contributed by atoms with Crippen LogP contribution in [0.2, 0.25) is 0 Å². The average molecular weight is 213 g/mol. The van der Waals surface area contributed by atoms with Crippen LogP contribution in [0.5, 0.6) is 5.75 Å². The van der Waals surface area contributed by atoms with Crippen LogP contribution in [-0.4, -0.2) is 11.7 Å². The molecular formula is C12H11N3O. The third-order valence-electron chi connectivity index (χ3n) is 2.35. The van der Waals surface area contributed by atoms with Crippen molar-refractivity contribution in [3.63, 3.8) is 0 Å². The highest BCUT2D eigenvalue weighted by Gasteiger charge is 2.04. The maximum Gasteiger partial charge on any atom is 0.119 e. The van der Waals surface area contributed by atoms with Crippen molar-refractivity contribution < 1.29 is 4.74 Å². The summed E-state index contributed by atoms with van der Waals surface area (Å²) in [5, 5.41) is 8.80. The summed E-state index contributed by atoms with van der Waals surface area (Å²) < 4.78 is 6.88. The van der Waals surface area contributed by atoms with Gasteiger partial charge in [0.05, 0.1) is 18.4 Å². The molecule has 0 atom stereocenters. The second-order valence-corrected chi connectivity index (χ2v) is 3.34. The fourth-order valence-electron chi connectivity index (χ4n) is 1.47. The SMILES string of the molecule is COc1ccc(-n2cc(N)c(C#N)c2)cc1. The van der Waals surface area contributed by atoms with Gasteiger partial charge in [0, 0.05) is 18.1 Å². The van der Waals surface area contributed by atoms with E-state index in [2.05, 4.69) is 0 Å². The van der Waals surface area contributed by atoms with Crippen molar-refractivity contribution in [3.8, 4) is 17.5 Å². The number of benzene rings is 1. The van der Waals surface area contributed by atoms with E-state index >= 15 is 0 Å². The lowest BCUT2D eigenvalue weighted by Crippen LogP contribution is -1.90. The van der Waals surface area contributed by atoms with Crippen LogP contribution in [0.15, 0.2) is 36.7 Å². The van der Waals surface area contributed by atoms with Crippen molar-refractivity contribution in [2.24, 2.45) is 0 Å². The van der Waals surface area contributed by atoms with Crippen LogP contribution < -0.4 is 10.5 Å². The molecule has 2 rings (SSSR count). The van der Waals surface area contributed by atoms with Crippen molar-refractivity contribution in [2.45, 2.75) is 0 Å². The summed E-state index contributed by atoms with van der Waals surface area (Å²) in [6.07, 6.45) is 3.43. The molecule has 0 aliphatic carbocycles. The zero-order valence-corrected chi connectivity index (χ0v) is 8.84. The number of methoxy groups -OCH3 is 1. The Morgan fingerprint density at radius 2 is 1.94 bits per heavy atom. The van der Waals surface area contributed by atoms with Crippen molar-refractivity contribution in [1.82, 2.24) is 4.57 Å². The first kappa shape index (κ1) is 10.1. The predicted octanol–water partition coefficient (Wildman–Crippen LogP) is 1.94. The van der Waals surface area contributed by atoms with Crippen molar-refractivity contribution >= 4 is 5.69 Å². The molecule has 0 saturated carbocycles. The number of nitrogens with two attached hydrogens (primary N) is 1. The summed E-state index contributed by atoms with van der Waals surface area (Å²) in [6, 6.07) is 9.56. The molecule has 0 amide bonds. The summed E-state index contributed by atoms with van der Waals surface area (Å²) in [4.78, 5) is 0. The molecule has 0 aliphatic rings. The van der Waals surface area contributed by atoms with Crippen LogP contribution in [0.4, 0.5) is 5.69 Å². The first-order valence-corrected chi connectivity index (χ1v) is 4.76. The van der Waals surface area contributed by atoms with Crippen molar-refractivity contribution in [2.75, 3.05) is 12.8 Å². The summed E-state index contributed by atoms with van der Waals surface area (Å²) in [6.45, 7) is 0. The molecule has 4 heteroatoms. The largest absolute Gasteiger partial charge is 0.497 e. The summed E-state index contributed by atoms with van der Waals surface area (Å²) >= 11 is 0. The van der Waals surface area contributed by atoms with E-state index in [4.69, 9.17) is 15.7 Å². The number of ether oxygens (including phenoxy) is 1. The van der Waals surface area contributed by atoms with Crippen molar-refractivity contribution in [3.05, 3.63) is 42.2 Å². The Hall–Kier alpha value is -2.41. The van der Waals surface area contributed by atoms with Crippen LogP contribution in [0.3, 0.4) is 0 Å². The van der Waals surface area contributed by atoms with Crippen LogP contribution in [0.1, 0.15) is 5.56 Å². The van der Waals surface area contributed by atoms with Gasteiger partial charge in [0.1, 0.15) is 11.8 Å². The fourth-order valence-corrected chi connectivity index (χ4v) is 1.47. The highest BCUT2D eigenvalue weighted by Crippen LogP contribution is 2.19. The number of nitrogen functional groups attached to an aromatic ring is 1. The molecular weight excluding hydrogens is 202 g/mol. The second kappa shape index (κ2) is 3.99. The maximum atomic E-state index is 8.80. The summed E-state index contributed by atoms with van der Waals surface area (Å²) in [5.41, 5.74) is 7.58. The van der Waals surface area contributed by atoms with Gasteiger partial charge in [-0.15, -0.1) is 0 Å².